The van der Waals surface area contributed by atoms with E-state index in [1.54, 1.807) is 20.3 Å². The van der Waals surface area contributed by atoms with Gasteiger partial charge in [-0.3, -0.25) is 0 Å². The fourth-order valence-corrected chi connectivity index (χ4v) is 1.95. The Morgan fingerprint density at radius 2 is 2.00 bits per heavy atom. The number of allylic oxidation sites excluding steroid dienone is 1. The van der Waals surface area contributed by atoms with Crippen LogP contribution in [-0.2, 0) is 9.47 Å². The highest BCUT2D eigenvalue weighted by Crippen LogP contribution is 1.99. The fraction of sp³-hybridized carbons (Fsp3) is 0.667. The van der Waals surface area contributed by atoms with Crippen molar-refractivity contribution < 1.29 is 9.47 Å². The van der Waals surface area contributed by atoms with Gasteiger partial charge in [0.25, 0.3) is 0 Å². The molecule has 0 bridgehead atoms. The first kappa shape index (κ1) is 10.2. The summed E-state index contributed by atoms with van der Waals surface area (Å²) in [4.78, 5) is 0. The largest absolute Gasteiger partial charge is 0.360 e. The Bertz CT molecular complexity index is 95.7. The van der Waals surface area contributed by atoms with Crippen molar-refractivity contribution in [2.24, 2.45) is 0 Å². The number of alkyl halides is 1. The third-order valence-electron chi connectivity index (χ3n) is 1.20. The number of methoxy groups -OCH3 is 2. The van der Waals surface area contributed by atoms with Crippen molar-refractivity contribution >= 4 is 21.1 Å². The summed E-state index contributed by atoms with van der Waals surface area (Å²) in [7, 11) is 2.69. The lowest BCUT2D eigenvalue weighted by Crippen LogP contribution is -2.27. The molecular formula is C6H13ClO2Si. The van der Waals surface area contributed by atoms with Crippen molar-refractivity contribution in [1.29, 1.82) is 0 Å². The van der Waals surface area contributed by atoms with Crippen LogP contribution < -0.4 is 0 Å². The van der Waals surface area contributed by atoms with Gasteiger partial charge in [0.2, 0.25) is 0 Å². The van der Waals surface area contributed by atoms with E-state index in [9.17, 15) is 0 Å². The van der Waals surface area contributed by atoms with Gasteiger partial charge >= 0.3 is 0 Å². The van der Waals surface area contributed by atoms with Crippen LogP contribution in [0.4, 0.5) is 0 Å². The minimum absolute atomic E-state index is 0.0601. The average molecular weight is 181 g/mol. The summed E-state index contributed by atoms with van der Waals surface area (Å²) < 4.78 is 9.96. The minimum atomic E-state index is -0.547. The molecule has 4 heteroatoms. The Balaban J connectivity index is 3.51. The molecule has 0 aromatic rings. The molecule has 0 amide bonds. The minimum Gasteiger partial charge on any atom is -0.360 e. The number of halogens is 1. The summed E-state index contributed by atoms with van der Waals surface area (Å²) in [5.41, 5.74) is 0. The van der Waals surface area contributed by atoms with Crippen molar-refractivity contribution in [3.05, 3.63) is 12.7 Å². The van der Waals surface area contributed by atoms with Gasteiger partial charge in [0.15, 0.2) is 0 Å². The standard InChI is InChI=1S/C6H13ClO2Si/c1-4-5(7)10-6(8-2)9-3/h4-6H,1,10H2,2-3H3. The molecule has 2 nitrogen and oxygen atoms in total. The Morgan fingerprint density at radius 3 is 2.30 bits per heavy atom. The molecule has 1 atom stereocenters. The zero-order chi connectivity index (χ0) is 7.98. The maximum atomic E-state index is 5.80. The first-order chi connectivity index (χ1) is 4.74. The molecule has 0 fully saturated rings. The highest BCUT2D eigenvalue weighted by molar-refractivity contribution is 6.54. The predicted octanol–water partition coefficient (Wildman–Crippen LogP) is 0.482. The summed E-state index contributed by atoms with van der Waals surface area (Å²) in [5.74, 6) is -0.0829. The van der Waals surface area contributed by atoms with Crippen LogP contribution in [0.1, 0.15) is 0 Å². The molecule has 0 spiro atoms. The monoisotopic (exact) mass is 180 g/mol. The maximum Gasteiger partial charge on any atom is 0.136 e. The van der Waals surface area contributed by atoms with E-state index in [2.05, 4.69) is 6.58 Å². The Hall–Kier alpha value is 0.167. The van der Waals surface area contributed by atoms with Gasteiger partial charge in [0.1, 0.15) is 15.4 Å². The topological polar surface area (TPSA) is 18.5 Å². The van der Waals surface area contributed by atoms with Crippen LogP contribution in [0.2, 0.25) is 0 Å². The van der Waals surface area contributed by atoms with Gasteiger partial charge in [-0.2, -0.15) is 0 Å². The molecular weight excluding hydrogens is 168 g/mol. The fourth-order valence-electron chi connectivity index (χ4n) is 0.569. The molecule has 0 saturated carbocycles. The van der Waals surface area contributed by atoms with Gasteiger partial charge in [-0.1, -0.05) is 6.08 Å². The Kier molecular flexibility index (Phi) is 6.01. The molecule has 1 unspecified atom stereocenters. The summed E-state index contributed by atoms with van der Waals surface area (Å²) in [6.07, 6.45) is 1.72. The van der Waals surface area contributed by atoms with E-state index in [0.717, 1.165) is 0 Å². The van der Waals surface area contributed by atoms with Crippen molar-refractivity contribution in [1.82, 2.24) is 0 Å². The second-order valence-corrected chi connectivity index (χ2v) is 4.98. The van der Waals surface area contributed by atoms with Crippen molar-refractivity contribution in [2.45, 2.75) is 10.9 Å². The van der Waals surface area contributed by atoms with Gasteiger partial charge in [0.05, 0.1) is 0 Å². The Labute approximate surface area is 69.0 Å². The number of hydrogen-bond acceptors (Lipinski definition) is 2. The van der Waals surface area contributed by atoms with Gasteiger partial charge < -0.3 is 9.47 Å². The van der Waals surface area contributed by atoms with E-state index >= 15 is 0 Å². The van der Waals surface area contributed by atoms with Gasteiger partial charge in [-0.05, 0) is 0 Å². The molecule has 0 aromatic heterocycles. The van der Waals surface area contributed by atoms with Crippen molar-refractivity contribution in [3.63, 3.8) is 0 Å². The Morgan fingerprint density at radius 1 is 1.50 bits per heavy atom. The van der Waals surface area contributed by atoms with Crippen LogP contribution in [0.15, 0.2) is 12.7 Å². The number of ether oxygens (including phenoxy) is 2. The van der Waals surface area contributed by atoms with Gasteiger partial charge in [-0.25, -0.2) is 0 Å². The summed E-state index contributed by atoms with van der Waals surface area (Å²) >= 11 is 5.80. The average Bonchev–Trinajstić information content (AvgIpc) is 1.99. The molecule has 0 aliphatic carbocycles. The van der Waals surface area contributed by atoms with Gasteiger partial charge in [0, 0.05) is 19.2 Å². The van der Waals surface area contributed by atoms with Gasteiger partial charge in [-0.15, -0.1) is 18.2 Å². The number of hydrogen-bond donors (Lipinski definition) is 0. The third-order valence-corrected chi connectivity index (χ3v) is 3.75. The lowest BCUT2D eigenvalue weighted by molar-refractivity contribution is -0.0440. The zero-order valence-corrected chi connectivity index (χ0v) is 8.51. The highest BCUT2D eigenvalue weighted by atomic mass is 35.5. The quantitative estimate of drug-likeness (QED) is 0.265. The number of rotatable bonds is 5. The second-order valence-electron chi connectivity index (χ2n) is 1.89. The normalized spacial score (nSPS) is 14.8. The molecule has 0 aliphatic heterocycles. The zero-order valence-electron chi connectivity index (χ0n) is 6.34. The van der Waals surface area contributed by atoms with Crippen molar-refractivity contribution in [2.75, 3.05) is 14.2 Å². The second kappa shape index (κ2) is 5.92. The van der Waals surface area contributed by atoms with Crippen LogP contribution in [0, 0.1) is 0 Å². The molecule has 0 rings (SSSR count). The summed E-state index contributed by atoms with van der Waals surface area (Å²) in [6, 6.07) is 0. The highest BCUT2D eigenvalue weighted by Gasteiger charge is 2.10. The predicted molar refractivity (Wildman–Crippen MR) is 46.2 cm³/mol. The SMILES string of the molecule is C=CC(Cl)[SiH2]C(OC)OC. The molecule has 0 radical (unpaired) electrons. The van der Waals surface area contributed by atoms with E-state index < -0.39 is 9.52 Å². The molecule has 0 aromatic carbocycles. The van der Waals surface area contributed by atoms with Crippen molar-refractivity contribution in [3.8, 4) is 0 Å². The van der Waals surface area contributed by atoms with E-state index in [4.69, 9.17) is 21.1 Å². The van der Waals surface area contributed by atoms with Crippen LogP contribution in [-0.4, -0.2) is 34.7 Å². The van der Waals surface area contributed by atoms with Crippen LogP contribution in [0.3, 0.4) is 0 Å². The maximum absolute atomic E-state index is 5.80. The molecule has 60 valence electrons. The molecule has 0 saturated heterocycles. The van der Waals surface area contributed by atoms with E-state index in [1.807, 2.05) is 0 Å². The molecule has 0 heterocycles. The molecule has 0 N–H and O–H groups in total. The van der Waals surface area contributed by atoms with Crippen LogP contribution >= 0.6 is 11.6 Å². The first-order valence-corrected chi connectivity index (χ1v) is 5.13. The van der Waals surface area contributed by atoms with E-state index in [1.165, 1.54) is 0 Å². The third kappa shape index (κ3) is 4.06. The van der Waals surface area contributed by atoms with E-state index in [0.29, 0.717) is 0 Å². The smallest absolute Gasteiger partial charge is 0.136 e. The van der Waals surface area contributed by atoms with Crippen LogP contribution in [0.25, 0.3) is 0 Å². The lowest BCUT2D eigenvalue weighted by atomic mass is 10.8. The summed E-state index contributed by atoms with van der Waals surface area (Å²) in [5, 5.41) is 0.0601. The first-order valence-electron chi connectivity index (χ1n) is 3.06. The molecule has 0 aliphatic rings. The van der Waals surface area contributed by atoms with Crippen LogP contribution in [0.5, 0.6) is 0 Å². The summed E-state index contributed by atoms with van der Waals surface area (Å²) in [6.45, 7) is 3.57. The lowest BCUT2D eigenvalue weighted by Gasteiger charge is -2.13. The molecule has 10 heavy (non-hydrogen) atoms. The van der Waals surface area contributed by atoms with E-state index in [-0.39, 0.29) is 10.9 Å².